The Labute approximate surface area is 123 Å². The highest BCUT2D eigenvalue weighted by atomic mass is 16.5. The highest BCUT2D eigenvalue weighted by Gasteiger charge is 2.16. The van der Waals surface area contributed by atoms with E-state index in [9.17, 15) is 0 Å². The zero-order valence-electron chi connectivity index (χ0n) is 12.1. The first-order valence-corrected chi connectivity index (χ1v) is 7.40. The lowest BCUT2D eigenvalue weighted by atomic mass is 10.3. The van der Waals surface area contributed by atoms with Crippen LogP contribution in [0.1, 0.15) is 12.1 Å². The summed E-state index contributed by atoms with van der Waals surface area (Å²) in [6.07, 6.45) is 2.74. The molecule has 1 saturated heterocycles. The van der Waals surface area contributed by atoms with E-state index in [1.54, 1.807) is 6.26 Å². The number of hydrogen-bond acceptors (Lipinski definition) is 6. The van der Waals surface area contributed by atoms with Gasteiger partial charge in [-0.3, -0.25) is 9.80 Å². The first kappa shape index (κ1) is 14.3. The third-order valence-electron chi connectivity index (χ3n) is 3.81. The second-order valence-corrected chi connectivity index (χ2v) is 5.35. The molecule has 2 aromatic rings. The molecule has 0 amide bonds. The van der Waals surface area contributed by atoms with Gasteiger partial charge in [-0.1, -0.05) is 5.16 Å². The van der Waals surface area contributed by atoms with E-state index < -0.39 is 0 Å². The maximum Gasteiger partial charge on any atom is 0.202 e. The summed E-state index contributed by atoms with van der Waals surface area (Å²) in [6.45, 7) is 5.86. The summed E-state index contributed by atoms with van der Waals surface area (Å²) >= 11 is 0. The van der Waals surface area contributed by atoms with E-state index in [1.165, 1.54) is 0 Å². The number of hydrogen-bond donors (Lipinski definition) is 1. The number of rotatable bonds is 5. The summed E-state index contributed by atoms with van der Waals surface area (Å²) in [5.41, 5.74) is 0.928. The average molecular weight is 291 g/mol. The quantitative estimate of drug-likeness (QED) is 0.899. The normalized spacial score (nSPS) is 18.0. The lowest BCUT2D eigenvalue weighted by Gasteiger charge is -2.20. The molecule has 1 fully saturated rings. The fourth-order valence-corrected chi connectivity index (χ4v) is 2.70. The maximum absolute atomic E-state index is 9.02. The lowest BCUT2D eigenvalue weighted by Crippen LogP contribution is -2.32. The molecule has 0 radical (unpaired) electrons. The molecule has 0 bridgehead atoms. The molecule has 3 heterocycles. The van der Waals surface area contributed by atoms with Crippen molar-refractivity contribution in [3.8, 4) is 11.5 Å². The van der Waals surface area contributed by atoms with Crippen LogP contribution in [-0.2, 0) is 6.54 Å². The monoisotopic (exact) mass is 291 g/mol. The van der Waals surface area contributed by atoms with Gasteiger partial charge in [-0.15, -0.1) is 0 Å². The van der Waals surface area contributed by atoms with E-state index >= 15 is 0 Å². The van der Waals surface area contributed by atoms with Crippen LogP contribution in [0, 0.1) is 0 Å². The zero-order chi connectivity index (χ0) is 14.5. The minimum absolute atomic E-state index is 0.232. The van der Waals surface area contributed by atoms with Crippen molar-refractivity contribution in [2.45, 2.75) is 13.0 Å². The van der Waals surface area contributed by atoms with Crippen LogP contribution >= 0.6 is 0 Å². The minimum Gasteiger partial charge on any atom is -0.461 e. The predicted molar refractivity (Wildman–Crippen MR) is 77.6 cm³/mol. The highest BCUT2D eigenvalue weighted by Crippen LogP contribution is 2.21. The van der Waals surface area contributed by atoms with Crippen molar-refractivity contribution in [2.75, 3.05) is 39.3 Å². The second kappa shape index (κ2) is 6.89. The Morgan fingerprint density at radius 3 is 2.81 bits per heavy atom. The second-order valence-electron chi connectivity index (χ2n) is 5.35. The van der Waals surface area contributed by atoms with Gasteiger partial charge in [-0.05, 0) is 31.6 Å². The van der Waals surface area contributed by atoms with Crippen LogP contribution < -0.4 is 0 Å². The smallest absolute Gasteiger partial charge is 0.202 e. The molecule has 6 heteroatoms. The Balaban J connectivity index is 1.57. The lowest BCUT2D eigenvalue weighted by molar-refractivity contribution is 0.195. The molecule has 0 atom stereocenters. The van der Waals surface area contributed by atoms with Crippen LogP contribution in [0.3, 0.4) is 0 Å². The Bertz CT molecular complexity index is 538. The third kappa shape index (κ3) is 3.72. The fraction of sp³-hybridized carbons (Fsp3) is 0.533. The van der Waals surface area contributed by atoms with E-state index in [1.807, 2.05) is 18.2 Å². The molecule has 21 heavy (non-hydrogen) atoms. The van der Waals surface area contributed by atoms with Crippen LogP contribution in [-0.4, -0.2) is 59.4 Å². The number of furan rings is 1. The fourth-order valence-electron chi connectivity index (χ4n) is 2.70. The van der Waals surface area contributed by atoms with Crippen molar-refractivity contribution < 1.29 is 14.0 Å². The van der Waals surface area contributed by atoms with E-state index in [4.69, 9.17) is 14.0 Å². The Morgan fingerprint density at radius 1 is 1.14 bits per heavy atom. The molecule has 1 aliphatic rings. The van der Waals surface area contributed by atoms with Gasteiger partial charge in [0.2, 0.25) is 5.76 Å². The molecule has 0 aliphatic carbocycles. The van der Waals surface area contributed by atoms with Crippen LogP contribution in [0.15, 0.2) is 33.4 Å². The van der Waals surface area contributed by atoms with Gasteiger partial charge in [-0.2, -0.15) is 0 Å². The summed E-state index contributed by atoms with van der Waals surface area (Å²) < 4.78 is 10.6. The molecular weight excluding hydrogens is 270 g/mol. The van der Waals surface area contributed by atoms with Gasteiger partial charge in [0.05, 0.1) is 18.6 Å². The van der Waals surface area contributed by atoms with Gasteiger partial charge in [0.25, 0.3) is 0 Å². The van der Waals surface area contributed by atoms with E-state index in [0.29, 0.717) is 11.5 Å². The first-order valence-electron chi connectivity index (χ1n) is 7.40. The SMILES string of the molecule is OCCN1CCCN(Cc2cc(-c3ccco3)on2)CC1. The van der Waals surface area contributed by atoms with Gasteiger partial charge < -0.3 is 14.0 Å². The molecule has 0 aromatic carbocycles. The standard InChI is InChI=1S/C15H21N3O3/c19-9-8-17-4-2-5-18(7-6-17)12-13-11-15(21-16-13)14-3-1-10-20-14/h1,3,10-11,19H,2,4-9,12H2. The third-order valence-corrected chi connectivity index (χ3v) is 3.81. The van der Waals surface area contributed by atoms with Gasteiger partial charge in [0, 0.05) is 32.2 Å². The van der Waals surface area contributed by atoms with E-state index in [2.05, 4.69) is 15.0 Å². The van der Waals surface area contributed by atoms with Gasteiger partial charge in [0.1, 0.15) is 0 Å². The summed E-state index contributed by atoms with van der Waals surface area (Å²) in [4.78, 5) is 4.68. The molecule has 0 saturated carbocycles. The number of aliphatic hydroxyl groups excluding tert-OH is 1. The molecule has 0 spiro atoms. The van der Waals surface area contributed by atoms with Gasteiger partial charge in [-0.25, -0.2) is 0 Å². The summed E-state index contributed by atoms with van der Waals surface area (Å²) in [7, 11) is 0. The van der Waals surface area contributed by atoms with Crippen molar-refractivity contribution in [3.05, 3.63) is 30.2 Å². The molecule has 114 valence electrons. The first-order chi connectivity index (χ1) is 10.3. The molecule has 6 nitrogen and oxygen atoms in total. The molecule has 0 unspecified atom stereocenters. The Kier molecular flexibility index (Phi) is 4.69. The van der Waals surface area contributed by atoms with Crippen LogP contribution in [0.5, 0.6) is 0 Å². The van der Waals surface area contributed by atoms with Gasteiger partial charge in [0.15, 0.2) is 5.76 Å². The van der Waals surface area contributed by atoms with Crippen LogP contribution in [0.25, 0.3) is 11.5 Å². The Hall–Kier alpha value is -1.63. The van der Waals surface area contributed by atoms with Crippen LogP contribution in [0.4, 0.5) is 0 Å². The molecule has 1 aliphatic heterocycles. The molecule has 2 aromatic heterocycles. The van der Waals surface area contributed by atoms with Crippen molar-refractivity contribution in [3.63, 3.8) is 0 Å². The maximum atomic E-state index is 9.02. The predicted octanol–water partition coefficient (Wildman–Crippen LogP) is 1.43. The topological polar surface area (TPSA) is 65.9 Å². The van der Waals surface area contributed by atoms with Crippen LogP contribution in [0.2, 0.25) is 0 Å². The largest absolute Gasteiger partial charge is 0.461 e. The number of aromatic nitrogens is 1. The van der Waals surface area contributed by atoms with Crippen molar-refractivity contribution >= 4 is 0 Å². The van der Waals surface area contributed by atoms with Crippen molar-refractivity contribution in [1.29, 1.82) is 0 Å². The summed E-state index contributed by atoms with van der Waals surface area (Å²) in [5, 5.41) is 13.1. The molecule has 1 N–H and O–H groups in total. The summed E-state index contributed by atoms with van der Waals surface area (Å²) in [5.74, 6) is 1.38. The number of aliphatic hydroxyl groups is 1. The van der Waals surface area contributed by atoms with E-state index in [0.717, 1.165) is 51.4 Å². The van der Waals surface area contributed by atoms with Crippen molar-refractivity contribution in [2.24, 2.45) is 0 Å². The Morgan fingerprint density at radius 2 is 2.00 bits per heavy atom. The number of β-amino-alcohol motifs (C(OH)–C–C–N with tert-alkyl or cyclic N) is 1. The highest BCUT2D eigenvalue weighted by molar-refractivity contribution is 5.49. The average Bonchev–Trinajstić information content (AvgIpc) is 3.10. The zero-order valence-corrected chi connectivity index (χ0v) is 12.1. The van der Waals surface area contributed by atoms with E-state index in [-0.39, 0.29) is 6.61 Å². The summed E-state index contributed by atoms with van der Waals surface area (Å²) in [6, 6.07) is 5.64. The minimum atomic E-state index is 0.232. The molecule has 3 rings (SSSR count). The van der Waals surface area contributed by atoms with Gasteiger partial charge >= 0.3 is 0 Å². The molecular formula is C15H21N3O3. The van der Waals surface area contributed by atoms with Crippen molar-refractivity contribution in [1.82, 2.24) is 15.0 Å². The number of nitrogens with zero attached hydrogens (tertiary/aromatic N) is 3.